The minimum Gasteiger partial charge on any atom is -0.375 e. The Kier molecular flexibility index (Phi) is 5.18. The molecule has 0 aromatic heterocycles. The number of rotatable bonds is 5. The van der Waals surface area contributed by atoms with Crippen LogP contribution in [0, 0.1) is 0 Å². The maximum absolute atomic E-state index is 12.4. The summed E-state index contributed by atoms with van der Waals surface area (Å²) >= 11 is 0. The van der Waals surface area contributed by atoms with Gasteiger partial charge in [0.15, 0.2) is 5.78 Å². The quantitative estimate of drug-likeness (QED) is 0.763. The van der Waals surface area contributed by atoms with Gasteiger partial charge in [-0.3, -0.25) is 4.79 Å². The van der Waals surface area contributed by atoms with Crippen molar-refractivity contribution in [1.82, 2.24) is 10.6 Å². The maximum Gasteiger partial charge on any atom is 0.185 e. The van der Waals surface area contributed by atoms with Crippen LogP contribution in [0.2, 0.25) is 0 Å². The smallest absolute Gasteiger partial charge is 0.185 e. The first-order chi connectivity index (χ1) is 9.96. The molecule has 2 rings (SSSR count). The summed E-state index contributed by atoms with van der Waals surface area (Å²) in [5.41, 5.74) is 2.00. The average molecular weight is 286 g/mol. The standard InChI is InChI=1S/C18H26N2O/c1-18(2,3)19-12-8-7-11-16-17(21)14-9-5-4-6-10-15(13-14)20-16/h4-6,9-10,13,16,19-20H,7-8,11-12H2,1-3H3/b5-4-,6-4?,9-5?,10-6-,14-9+,15-10?. The zero-order valence-electron chi connectivity index (χ0n) is 13.3. The fourth-order valence-corrected chi connectivity index (χ4v) is 2.50. The van der Waals surface area contributed by atoms with Crippen LogP contribution in [0.25, 0.3) is 0 Å². The molecule has 114 valence electrons. The monoisotopic (exact) mass is 286 g/mol. The first-order valence-corrected chi connectivity index (χ1v) is 7.78. The summed E-state index contributed by atoms with van der Waals surface area (Å²) in [7, 11) is 0. The summed E-state index contributed by atoms with van der Waals surface area (Å²) in [6, 6.07) is -0.0814. The number of allylic oxidation sites excluding steroid dienone is 6. The number of fused-ring (bicyclic) bond motifs is 1. The molecule has 0 amide bonds. The van der Waals surface area contributed by atoms with E-state index in [9.17, 15) is 4.79 Å². The third-order valence-corrected chi connectivity index (χ3v) is 3.60. The predicted molar refractivity (Wildman–Crippen MR) is 88.0 cm³/mol. The van der Waals surface area contributed by atoms with Gasteiger partial charge in [0.25, 0.3) is 0 Å². The molecule has 0 saturated carbocycles. The number of hydrogen-bond donors (Lipinski definition) is 2. The van der Waals surface area contributed by atoms with Crippen molar-refractivity contribution in [3.63, 3.8) is 0 Å². The maximum atomic E-state index is 12.4. The van der Waals surface area contributed by atoms with Gasteiger partial charge in [0.05, 0.1) is 6.04 Å². The van der Waals surface area contributed by atoms with E-state index in [0.29, 0.717) is 0 Å². The van der Waals surface area contributed by atoms with Crippen LogP contribution in [0.3, 0.4) is 0 Å². The number of carbonyl (C=O) groups is 1. The fraction of sp³-hybridized carbons (Fsp3) is 0.500. The van der Waals surface area contributed by atoms with Crippen molar-refractivity contribution in [2.24, 2.45) is 0 Å². The van der Waals surface area contributed by atoms with E-state index in [1.54, 1.807) is 0 Å². The Bertz CT molecular complexity index is 504. The normalized spacial score (nSPS) is 26.8. The zero-order chi connectivity index (χ0) is 15.3. The van der Waals surface area contributed by atoms with E-state index in [4.69, 9.17) is 0 Å². The van der Waals surface area contributed by atoms with Crippen molar-refractivity contribution in [3.05, 3.63) is 47.7 Å². The summed E-state index contributed by atoms with van der Waals surface area (Å²) in [5, 5.41) is 6.82. The highest BCUT2D eigenvalue weighted by atomic mass is 16.1. The average Bonchev–Trinajstić information content (AvgIpc) is 2.37. The molecule has 1 unspecified atom stereocenters. The zero-order valence-corrected chi connectivity index (χ0v) is 13.3. The third-order valence-electron chi connectivity index (χ3n) is 3.60. The Hall–Kier alpha value is -1.61. The molecule has 0 saturated heterocycles. The highest BCUT2D eigenvalue weighted by molar-refractivity contribution is 6.03. The summed E-state index contributed by atoms with van der Waals surface area (Å²) < 4.78 is 0. The van der Waals surface area contributed by atoms with Gasteiger partial charge in [0, 0.05) is 16.8 Å². The lowest BCUT2D eigenvalue weighted by Gasteiger charge is -2.25. The van der Waals surface area contributed by atoms with Crippen molar-refractivity contribution in [3.8, 4) is 0 Å². The molecule has 0 aromatic carbocycles. The minimum absolute atomic E-state index is 0.0814. The van der Waals surface area contributed by atoms with Crippen molar-refractivity contribution < 1.29 is 4.79 Å². The second kappa shape index (κ2) is 6.90. The van der Waals surface area contributed by atoms with E-state index < -0.39 is 0 Å². The lowest BCUT2D eigenvalue weighted by molar-refractivity contribution is -0.117. The van der Waals surface area contributed by atoms with E-state index in [1.165, 1.54) is 0 Å². The van der Waals surface area contributed by atoms with E-state index in [-0.39, 0.29) is 17.4 Å². The van der Waals surface area contributed by atoms with E-state index >= 15 is 0 Å². The van der Waals surface area contributed by atoms with Crippen LogP contribution in [0.4, 0.5) is 0 Å². The van der Waals surface area contributed by atoms with Crippen LogP contribution in [-0.2, 0) is 4.79 Å². The third kappa shape index (κ3) is 5.01. The van der Waals surface area contributed by atoms with Crippen LogP contribution in [0.1, 0.15) is 40.0 Å². The molecule has 3 heteroatoms. The SMILES string of the molecule is CC(C)(C)NCCCCC1NC2=CC(=C/C=C\C=C/2)\C1=O. The number of ketones is 1. The lowest BCUT2D eigenvalue weighted by Crippen LogP contribution is -2.40. The van der Waals surface area contributed by atoms with Gasteiger partial charge in [-0.2, -0.15) is 0 Å². The molecular formula is C18H26N2O. The van der Waals surface area contributed by atoms with Gasteiger partial charge in [-0.05, 0) is 58.7 Å². The number of Topliss-reactive ketones (excluding diaryl/α,β-unsaturated/α-hetero) is 1. The van der Waals surface area contributed by atoms with Crippen molar-refractivity contribution in [2.75, 3.05) is 6.54 Å². The van der Waals surface area contributed by atoms with Gasteiger partial charge < -0.3 is 10.6 Å². The van der Waals surface area contributed by atoms with Gasteiger partial charge >= 0.3 is 0 Å². The molecule has 21 heavy (non-hydrogen) atoms. The molecular weight excluding hydrogens is 260 g/mol. The van der Waals surface area contributed by atoms with Gasteiger partial charge in [0.1, 0.15) is 0 Å². The summed E-state index contributed by atoms with van der Waals surface area (Å²) in [4.78, 5) is 12.4. The van der Waals surface area contributed by atoms with Crippen LogP contribution >= 0.6 is 0 Å². The van der Waals surface area contributed by atoms with E-state index in [2.05, 4.69) is 31.4 Å². The molecule has 2 N–H and O–H groups in total. The van der Waals surface area contributed by atoms with Crippen LogP contribution in [-0.4, -0.2) is 23.9 Å². The Labute approximate surface area is 127 Å². The Morgan fingerprint density at radius 2 is 2.00 bits per heavy atom. The topological polar surface area (TPSA) is 41.1 Å². The molecule has 0 radical (unpaired) electrons. The first kappa shape index (κ1) is 15.8. The van der Waals surface area contributed by atoms with Gasteiger partial charge in [-0.25, -0.2) is 0 Å². The number of nitrogens with one attached hydrogen (secondary N) is 2. The fourth-order valence-electron chi connectivity index (χ4n) is 2.50. The second-order valence-corrected chi connectivity index (χ2v) is 6.70. The van der Waals surface area contributed by atoms with Crippen LogP contribution in [0.15, 0.2) is 47.7 Å². The molecule has 0 spiro atoms. The Morgan fingerprint density at radius 1 is 1.19 bits per heavy atom. The van der Waals surface area contributed by atoms with Crippen molar-refractivity contribution in [1.29, 1.82) is 0 Å². The number of carbonyl (C=O) groups excluding carboxylic acids is 1. The Balaban J connectivity index is 1.83. The highest BCUT2D eigenvalue weighted by Crippen LogP contribution is 2.19. The minimum atomic E-state index is -0.0814. The molecule has 1 heterocycles. The summed E-state index contributed by atoms with van der Waals surface area (Å²) in [6.45, 7) is 7.52. The van der Waals surface area contributed by atoms with Gasteiger partial charge in [0.2, 0.25) is 0 Å². The molecule has 0 aromatic rings. The molecule has 2 aliphatic rings. The molecule has 1 atom stereocenters. The predicted octanol–water partition coefficient (Wildman–Crippen LogP) is 3.02. The molecule has 3 nitrogen and oxygen atoms in total. The van der Waals surface area contributed by atoms with Crippen LogP contribution in [0.5, 0.6) is 0 Å². The molecule has 0 fully saturated rings. The number of hydrogen-bond acceptors (Lipinski definition) is 3. The summed E-state index contributed by atoms with van der Waals surface area (Å²) in [5.74, 6) is 0.211. The molecule has 1 aliphatic carbocycles. The van der Waals surface area contributed by atoms with Crippen LogP contribution < -0.4 is 10.6 Å². The highest BCUT2D eigenvalue weighted by Gasteiger charge is 2.25. The van der Waals surface area contributed by atoms with Crippen molar-refractivity contribution in [2.45, 2.75) is 51.6 Å². The van der Waals surface area contributed by atoms with Crippen molar-refractivity contribution >= 4 is 5.78 Å². The Morgan fingerprint density at radius 3 is 2.76 bits per heavy atom. The largest absolute Gasteiger partial charge is 0.375 e. The number of unbranched alkanes of at least 4 members (excludes halogenated alkanes) is 1. The van der Waals surface area contributed by atoms with E-state index in [0.717, 1.165) is 37.1 Å². The molecule has 1 aliphatic heterocycles. The summed E-state index contributed by atoms with van der Waals surface area (Å²) in [6.07, 6.45) is 14.7. The first-order valence-electron chi connectivity index (χ1n) is 7.78. The van der Waals surface area contributed by atoms with E-state index in [1.807, 2.05) is 36.5 Å². The van der Waals surface area contributed by atoms with Gasteiger partial charge in [-0.15, -0.1) is 0 Å². The van der Waals surface area contributed by atoms with Gasteiger partial charge in [-0.1, -0.05) is 24.3 Å². The molecule has 2 bridgehead atoms. The second-order valence-electron chi connectivity index (χ2n) is 6.70. The lowest BCUT2D eigenvalue weighted by atomic mass is 9.93.